The fraction of sp³-hybridized carbons (Fsp3) is 0.462. The average molecular weight is 574 g/mol. The number of fused-ring (bicyclic) bond motifs is 1. The molecule has 4 rings (SSSR count). The number of alkyl halides is 3. The zero-order chi connectivity index (χ0) is 28.8. The summed E-state index contributed by atoms with van der Waals surface area (Å²) in [5.74, 6) is -2.77. The summed E-state index contributed by atoms with van der Waals surface area (Å²) in [4.78, 5) is 23.2. The lowest BCUT2D eigenvalue weighted by Gasteiger charge is -2.36. The van der Waals surface area contributed by atoms with Gasteiger partial charge in [-0.1, -0.05) is 6.07 Å². The molecule has 1 fully saturated rings. The van der Waals surface area contributed by atoms with Gasteiger partial charge < -0.3 is 14.6 Å². The summed E-state index contributed by atoms with van der Waals surface area (Å²) in [6.07, 6.45) is -5.00. The average Bonchev–Trinajstić information content (AvgIpc) is 3.66. The number of nitrogens with zero attached hydrogens (tertiary/aromatic N) is 1. The van der Waals surface area contributed by atoms with Crippen LogP contribution >= 0.6 is 0 Å². The molecule has 13 heteroatoms. The van der Waals surface area contributed by atoms with Crippen LogP contribution < -0.4 is 9.04 Å². The second kappa shape index (κ2) is 10.3. The van der Waals surface area contributed by atoms with Crippen LogP contribution in [0.4, 0.5) is 23.2 Å². The van der Waals surface area contributed by atoms with Gasteiger partial charge in [-0.05, 0) is 80.5 Å². The van der Waals surface area contributed by atoms with E-state index in [-0.39, 0.29) is 52.8 Å². The monoisotopic (exact) mass is 573 g/mol. The Labute approximate surface area is 222 Å². The third-order valence-electron chi connectivity index (χ3n) is 6.61. The molecule has 1 atom stereocenters. The van der Waals surface area contributed by atoms with Crippen molar-refractivity contribution in [3.63, 3.8) is 0 Å². The van der Waals surface area contributed by atoms with Crippen LogP contribution in [0.2, 0.25) is 0 Å². The number of halogens is 4. The van der Waals surface area contributed by atoms with Gasteiger partial charge in [-0.15, -0.1) is 0 Å². The van der Waals surface area contributed by atoms with Gasteiger partial charge in [0.25, 0.3) is 10.0 Å². The molecule has 0 radical (unpaired) electrons. The molecule has 0 saturated heterocycles. The number of esters is 1. The van der Waals surface area contributed by atoms with Gasteiger partial charge in [0.2, 0.25) is 5.60 Å². The molecule has 2 aromatic carbocycles. The molecule has 1 aliphatic carbocycles. The molecule has 0 bridgehead atoms. The number of rotatable bonds is 9. The third kappa shape index (κ3) is 6.29. The topological polar surface area (TPSA) is 110 Å². The highest BCUT2D eigenvalue weighted by Gasteiger charge is 2.50. The lowest BCUT2D eigenvalue weighted by Crippen LogP contribution is -2.44. The summed E-state index contributed by atoms with van der Waals surface area (Å²) in [5, 5.41) is 9.07. The highest BCUT2D eigenvalue weighted by atomic mass is 32.2. The Hall–Kier alpha value is -3.35. The number of carbonyl (C=O) groups is 2. The van der Waals surface area contributed by atoms with E-state index in [0.717, 1.165) is 43.1 Å². The number of anilines is 1. The first-order chi connectivity index (χ1) is 18.1. The Morgan fingerprint density at radius 1 is 1.13 bits per heavy atom. The number of benzene rings is 2. The molecular weight excluding hydrogens is 546 g/mol. The van der Waals surface area contributed by atoms with Gasteiger partial charge in [-0.25, -0.2) is 12.8 Å². The number of carbonyl (C=O) groups excluding carboxylic acids is 1. The summed E-state index contributed by atoms with van der Waals surface area (Å²) in [7, 11) is -4.31. The first kappa shape index (κ1) is 28.7. The summed E-state index contributed by atoms with van der Waals surface area (Å²) in [6, 6.07) is 7.55. The molecule has 8 nitrogen and oxygen atoms in total. The van der Waals surface area contributed by atoms with Crippen molar-refractivity contribution in [2.75, 3.05) is 10.8 Å². The Morgan fingerprint density at radius 2 is 1.82 bits per heavy atom. The summed E-state index contributed by atoms with van der Waals surface area (Å²) in [5.41, 5.74) is -2.26. The summed E-state index contributed by atoms with van der Waals surface area (Å²) < 4.78 is 92.7. The van der Waals surface area contributed by atoms with Gasteiger partial charge >= 0.3 is 18.1 Å². The number of hydrogen-bond donors (Lipinski definition) is 1. The second-order valence-electron chi connectivity index (χ2n) is 10.1. The SMILES string of the molecule is CC(C)(OC(=O)Cc1ccc2c(c1)N(S(=O)(=O)c1ccc(F)c(C3CC3)c1)C[C@H](CCC(=O)O)O2)C(F)(F)F. The number of carboxylic acid groups (broad SMARTS) is 1. The first-order valence-electron chi connectivity index (χ1n) is 12.2. The van der Waals surface area contributed by atoms with E-state index in [1.807, 2.05) is 0 Å². The number of aliphatic carboxylic acids is 1. The minimum atomic E-state index is -4.79. The smallest absolute Gasteiger partial charge is 0.427 e. The quantitative estimate of drug-likeness (QED) is 0.334. The molecule has 1 aliphatic heterocycles. The number of carboxylic acids is 1. The third-order valence-corrected chi connectivity index (χ3v) is 8.38. The largest absolute Gasteiger partial charge is 0.486 e. The van der Waals surface area contributed by atoms with E-state index < -0.39 is 52.1 Å². The van der Waals surface area contributed by atoms with Gasteiger partial charge in [-0.3, -0.25) is 13.9 Å². The number of hydrogen-bond acceptors (Lipinski definition) is 6. The molecule has 0 spiro atoms. The van der Waals surface area contributed by atoms with Crippen LogP contribution in [0, 0.1) is 5.82 Å². The lowest BCUT2D eigenvalue weighted by atomic mass is 10.1. The normalized spacial score (nSPS) is 17.8. The minimum Gasteiger partial charge on any atom is -0.486 e. The van der Waals surface area contributed by atoms with Crippen LogP contribution in [0.15, 0.2) is 41.3 Å². The fourth-order valence-corrected chi connectivity index (χ4v) is 5.73. The molecule has 0 aromatic heterocycles. The molecule has 39 heavy (non-hydrogen) atoms. The number of ether oxygens (including phenoxy) is 2. The van der Waals surface area contributed by atoms with Crippen molar-refractivity contribution in [1.29, 1.82) is 0 Å². The zero-order valence-electron chi connectivity index (χ0n) is 21.1. The molecule has 2 aliphatic rings. The zero-order valence-corrected chi connectivity index (χ0v) is 21.9. The maximum absolute atomic E-state index is 14.3. The fourth-order valence-electron chi connectivity index (χ4n) is 4.19. The summed E-state index contributed by atoms with van der Waals surface area (Å²) >= 11 is 0. The lowest BCUT2D eigenvalue weighted by molar-refractivity contribution is -0.257. The van der Waals surface area contributed by atoms with Crippen LogP contribution in [0.1, 0.15) is 56.6 Å². The predicted molar refractivity (Wildman–Crippen MR) is 131 cm³/mol. The van der Waals surface area contributed by atoms with E-state index >= 15 is 0 Å². The highest BCUT2D eigenvalue weighted by Crippen LogP contribution is 2.43. The van der Waals surface area contributed by atoms with Gasteiger partial charge in [0, 0.05) is 6.42 Å². The molecule has 1 saturated carbocycles. The van der Waals surface area contributed by atoms with Gasteiger partial charge in [0.05, 0.1) is 23.5 Å². The van der Waals surface area contributed by atoms with Gasteiger partial charge in [0.1, 0.15) is 17.7 Å². The van der Waals surface area contributed by atoms with Crippen molar-refractivity contribution in [2.24, 2.45) is 0 Å². The van der Waals surface area contributed by atoms with E-state index in [1.165, 1.54) is 24.3 Å². The van der Waals surface area contributed by atoms with Crippen molar-refractivity contribution < 1.29 is 50.1 Å². The van der Waals surface area contributed by atoms with Crippen LogP contribution in [0.25, 0.3) is 0 Å². The highest BCUT2D eigenvalue weighted by molar-refractivity contribution is 7.92. The van der Waals surface area contributed by atoms with E-state index in [0.29, 0.717) is 0 Å². The van der Waals surface area contributed by atoms with Crippen molar-refractivity contribution >= 4 is 27.6 Å². The Kier molecular flexibility index (Phi) is 7.58. The first-order valence-corrected chi connectivity index (χ1v) is 13.6. The van der Waals surface area contributed by atoms with Gasteiger partial charge in [0.15, 0.2) is 0 Å². The summed E-state index contributed by atoms with van der Waals surface area (Å²) in [6.45, 7) is 1.17. The molecular formula is C26H27F4NO7S. The van der Waals surface area contributed by atoms with Crippen LogP contribution in [-0.4, -0.2) is 49.9 Å². The predicted octanol–water partition coefficient (Wildman–Crippen LogP) is 4.95. The molecule has 2 aromatic rings. The molecule has 1 N–H and O–H groups in total. The molecule has 0 amide bonds. The maximum Gasteiger partial charge on any atom is 0.427 e. The standard InChI is InChI=1S/C26H27F4NO7S/c1-25(2,26(28,29)30)38-24(34)12-15-3-9-22-21(11-15)31(14-17(37-22)6-10-23(32)33)39(35,36)18-7-8-20(27)19(13-18)16-4-5-16/h3,7-9,11,13,16-17H,4-6,10,12,14H2,1-2H3,(H,32,33)/t17-/m0/s1. The molecule has 0 unspecified atom stereocenters. The van der Waals surface area contributed by atoms with Crippen molar-refractivity contribution in [3.8, 4) is 5.75 Å². The van der Waals surface area contributed by atoms with Crippen molar-refractivity contribution in [3.05, 3.63) is 53.3 Å². The van der Waals surface area contributed by atoms with Crippen LogP contribution in [0.3, 0.4) is 0 Å². The Balaban J connectivity index is 1.67. The number of sulfonamides is 1. The van der Waals surface area contributed by atoms with E-state index in [1.54, 1.807) is 0 Å². The minimum absolute atomic E-state index is 0.00185. The van der Waals surface area contributed by atoms with Crippen molar-refractivity contribution in [2.45, 2.75) is 74.6 Å². The van der Waals surface area contributed by atoms with E-state index in [2.05, 4.69) is 4.74 Å². The second-order valence-corrected chi connectivity index (χ2v) is 12.0. The van der Waals surface area contributed by atoms with E-state index in [4.69, 9.17) is 9.84 Å². The van der Waals surface area contributed by atoms with Crippen LogP contribution in [0.5, 0.6) is 5.75 Å². The Morgan fingerprint density at radius 3 is 2.44 bits per heavy atom. The van der Waals surface area contributed by atoms with E-state index in [9.17, 15) is 35.6 Å². The maximum atomic E-state index is 14.3. The van der Waals surface area contributed by atoms with Crippen molar-refractivity contribution in [1.82, 2.24) is 0 Å². The molecule has 212 valence electrons. The Bertz CT molecular complexity index is 1390. The molecule has 1 heterocycles. The van der Waals surface area contributed by atoms with Crippen LogP contribution in [-0.2, 0) is 30.8 Å². The van der Waals surface area contributed by atoms with Gasteiger partial charge in [-0.2, -0.15) is 13.2 Å².